The third kappa shape index (κ3) is 5.62. The lowest BCUT2D eigenvalue weighted by molar-refractivity contribution is -0.141. The van der Waals surface area contributed by atoms with Crippen molar-refractivity contribution in [3.8, 4) is 0 Å². The lowest BCUT2D eigenvalue weighted by Gasteiger charge is -2.12. The molecule has 0 atom stereocenters. The Bertz CT molecular complexity index is 1080. The van der Waals surface area contributed by atoms with Crippen LogP contribution in [-0.2, 0) is 17.5 Å². The van der Waals surface area contributed by atoms with Crippen molar-refractivity contribution in [2.75, 3.05) is 5.32 Å². The van der Waals surface area contributed by atoms with E-state index in [1.54, 1.807) is 18.2 Å². The van der Waals surface area contributed by atoms with Crippen molar-refractivity contribution in [3.63, 3.8) is 0 Å². The Kier molecular flexibility index (Phi) is 6.29. The summed E-state index contributed by atoms with van der Waals surface area (Å²) in [6.45, 7) is 0.0975. The number of rotatable bonds is 7. The minimum atomic E-state index is -4.49. The van der Waals surface area contributed by atoms with Crippen LogP contribution in [-0.4, -0.2) is 15.7 Å². The molecule has 1 aliphatic carbocycles. The third-order valence-corrected chi connectivity index (χ3v) is 6.19. The van der Waals surface area contributed by atoms with E-state index in [0.717, 1.165) is 28.7 Å². The van der Waals surface area contributed by atoms with Crippen molar-refractivity contribution in [1.29, 1.82) is 0 Å². The van der Waals surface area contributed by atoms with Crippen LogP contribution in [0.1, 0.15) is 36.6 Å². The maximum Gasteiger partial charge on any atom is 0.435 e. The normalized spacial score (nSPS) is 13.9. The largest absolute Gasteiger partial charge is 0.435 e. The molecule has 31 heavy (non-hydrogen) atoms. The van der Waals surface area contributed by atoms with Gasteiger partial charge in [0.1, 0.15) is 0 Å². The third-order valence-electron chi connectivity index (χ3n) is 4.85. The van der Waals surface area contributed by atoms with E-state index in [9.17, 15) is 18.0 Å². The zero-order valence-corrected chi connectivity index (χ0v) is 17.9. The molecular weight excluding hydrogens is 447 g/mol. The van der Waals surface area contributed by atoms with E-state index in [-0.39, 0.29) is 24.8 Å². The molecule has 0 aliphatic heterocycles. The second-order valence-electron chi connectivity index (χ2n) is 7.30. The standard InChI is InChI=1S/C22H19ClF3N3OS/c23-15-7-9-16(10-8-15)31-19-4-2-1-3-17(19)27-21(30)11-12-29-18(14-5-6-14)13-20(28-29)22(24,25)26/h1-4,7-10,13-14H,5-6,11-12H2,(H,27,30). The highest BCUT2D eigenvalue weighted by molar-refractivity contribution is 7.99. The summed E-state index contributed by atoms with van der Waals surface area (Å²) >= 11 is 7.41. The smallest absolute Gasteiger partial charge is 0.325 e. The highest BCUT2D eigenvalue weighted by Gasteiger charge is 2.37. The summed E-state index contributed by atoms with van der Waals surface area (Å²) in [5, 5.41) is 7.21. The summed E-state index contributed by atoms with van der Waals surface area (Å²) in [6.07, 6.45) is -2.76. The van der Waals surface area contributed by atoms with Gasteiger partial charge in [-0.2, -0.15) is 18.3 Å². The fourth-order valence-electron chi connectivity index (χ4n) is 3.17. The Hall–Kier alpha value is -2.45. The maximum absolute atomic E-state index is 13.0. The molecule has 9 heteroatoms. The molecule has 1 saturated carbocycles. The zero-order chi connectivity index (χ0) is 22.0. The van der Waals surface area contributed by atoms with Gasteiger partial charge in [0, 0.05) is 39.4 Å². The van der Waals surface area contributed by atoms with Gasteiger partial charge in [-0.15, -0.1) is 0 Å². The fraction of sp³-hybridized carbons (Fsp3) is 0.273. The minimum Gasteiger partial charge on any atom is -0.325 e. The predicted molar refractivity (Wildman–Crippen MR) is 114 cm³/mol. The molecule has 1 amide bonds. The van der Waals surface area contributed by atoms with Crippen molar-refractivity contribution in [2.24, 2.45) is 0 Å². The molecule has 162 valence electrons. The minimum absolute atomic E-state index is 0.0264. The molecule has 4 rings (SSSR count). The van der Waals surface area contributed by atoms with E-state index in [4.69, 9.17) is 11.6 Å². The van der Waals surface area contributed by atoms with E-state index < -0.39 is 11.9 Å². The second-order valence-corrected chi connectivity index (χ2v) is 8.85. The molecule has 0 spiro atoms. The van der Waals surface area contributed by atoms with Crippen molar-refractivity contribution in [2.45, 2.75) is 47.7 Å². The second kappa shape index (κ2) is 8.96. The van der Waals surface area contributed by atoms with Gasteiger partial charge < -0.3 is 5.32 Å². The highest BCUT2D eigenvalue weighted by atomic mass is 35.5. The van der Waals surface area contributed by atoms with Gasteiger partial charge in [-0.25, -0.2) is 0 Å². The maximum atomic E-state index is 13.0. The van der Waals surface area contributed by atoms with Crippen LogP contribution in [0.15, 0.2) is 64.4 Å². The molecular formula is C22H19ClF3N3OS. The average Bonchev–Trinajstić information content (AvgIpc) is 3.47. The summed E-state index contributed by atoms with van der Waals surface area (Å²) in [6, 6.07) is 15.8. The Morgan fingerprint density at radius 3 is 2.55 bits per heavy atom. The zero-order valence-electron chi connectivity index (χ0n) is 16.3. The number of alkyl halides is 3. The van der Waals surface area contributed by atoms with Gasteiger partial charge >= 0.3 is 6.18 Å². The summed E-state index contributed by atoms with van der Waals surface area (Å²) in [7, 11) is 0. The quantitative estimate of drug-likeness (QED) is 0.427. The van der Waals surface area contributed by atoms with Gasteiger partial charge in [0.15, 0.2) is 5.69 Å². The Labute approximate surface area is 186 Å². The topological polar surface area (TPSA) is 46.9 Å². The van der Waals surface area contributed by atoms with Crippen LogP contribution in [0, 0.1) is 0 Å². The Morgan fingerprint density at radius 1 is 1.16 bits per heavy atom. The molecule has 0 saturated heterocycles. The first-order chi connectivity index (χ1) is 14.8. The molecule has 0 radical (unpaired) electrons. The number of hydrogen-bond donors (Lipinski definition) is 1. The number of amides is 1. The summed E-state index contributed by atoms with van der Waals surface area (Å²) < 4.78 is 40.4. The molecule has 0 unspecified atom stereocenters. The van der Waals surface area contributed by atoms with Crippen LogP contribution in [0.5, 0.6) is 0 Å². The van der Waals surface area contributed by atoms with Crippen LogP contribution in [0.2, 0.25) is 5.02 Å². The number of aryl methyl sites for hydroxylation is 1. The van der Waals surface area contributed by atoms with Gasteiger partial charge in [0.05, 0.1) is 5.69 Å². The predicted octanol–water partition coefficient (Wildman–Crippen LogP) is 6.61. The first-order valence-electron chi connectivity index (χ1n) is 9.77. The van der Waals surface area contributed by atoms with Crippen molar-refractivity contribution < 1.29 is 18.0 Å². The SMILES string of the molecule is O=C(CCn1nc(C(F)(F)F)cc1C1CC1)Nc1ccccc1Sc1ccc(Cl)cc1. The van der Waals surface area contributed by atoms with E-state index in [0.29, 0.717) is 16.4 Å². The molecule has 4 nitrogen and oxygen atoms in total. The average molecular weight is 466 g/mol. The van der Waals surface area contributed by atoms with Gasteiger partial charge in [-0.1, -0.05) is 35.5 Å². The van der Waals surface area contributed by atoms with E-state index in [1.165, 1.54) is 16.4 Å². The highest BCUT2D eigenvalue weighted by Crippen LogP contribution is 2.42. The Morgan fingerprint density at radius 2 is 1.87 bits per heavy atom. The van der Waals surface area contributed by atoms with E-state index in [1.807, 2.05) is 30.3 Å². The number of hydrogen-bond acceptors (Lipinski definition) is 3. The lowest BCUT2D eigenvalue weighted by atomic mass is 10.2. The Balaban J connectivity index is 1.42. The summed E-state index contributed by atoms with van der Waals surface area (Å²) in [5.41, 5.74) is 0.296. The van der Waals surface area contributed by atoms with Gasteiger partial charge in [-0.3, -0.25) is 9.48 Å². The number of nitrogens with zero attached hydrogens (tertiary/aromatic N) is 2. The number of benzene rings is 2. The lowest BCUT2D eigenvalue weighted by Crippen LogP contribution is -2.17. The van der Waals surface area contributed by atoms with Crippen molar-refractivity contribution >= 4 is 35.0 Å². The van der Waals surface area contributed by atoms with Crippen LogP contribution in [0.3, 0.4) is 0 Å². The number of para-hydroxylation sites is 1. The first kappa shape index (κ1) is 21.8. The molecule has 1 heterocycles. The molecule has 0 bridgehead atoms. The molecule has 1 aromatic heterocycles. The number of carbonyl (C=O) groups excluding carboxylic acids is 1. The number of nitrogens with one attached hydrogen (secondary N) is 1. The first-order valence-corrected chi connectivity index (χ1v) is 11.0. The molecule has 2 aromatic carbocycles. The van der Waals surface area contributed by atoms with Crippen LogP contribution >= 0.6 is 23.4 Å². The van der Waals surface area contributed by atoms with Gasteiger partial charge in [0.25, 0.3) is 0 Å². The molecule has 1 aliphatic rings. The van der Waals surface area contributed by atoms with Crippen molar-refractivity contribution in [3.05, 3.63) is 71.0 Å². The number of carbonyl (C=O) groups is 1. The van der Waals surface area contributed by atoms with E-state index in [2.05, 4.69) is 10.4 Å². The summed E-state index contributed by atoms with van der Waals surface area (Å²) in [5.74, 6) is -0.182. The fourth-order valence-corrected chi connectivity index (χ4v) is 4.19. The monoisotopic (exact) mass is 465 g/mol. The van der Waals surface area contributed by atoms with Gasteiger partial charge in [0.2, 0.25) is 5.91 Å². The van der Waals surface area contributed by atoms with Crippen LogP contribution in [0.25, 0.3) is 0 Å². The van der Waals surface area contributed by atoms with E-state index >= 15 is 0 Å². The summed E-state index contributed by atoms with van der Waals surface area (Å²) in [4.78, 5) is 14.4. The van der Waals surface area contributed by atoms with Crippen LogP contribution < -0.4 is 5.32 Å². The molecule has 3 aromatic rings. The van der Waals surface area contributed by atoms with Crippen molar-refractivity contribution in [1.82, 2.24) is 9.78 Å². The molecule has 1 N–H and O–H groups in total. The number of anilines is 1. The van der Waals surface area contributed by atoms with Crippen LogP contribution in [0.4, 0.5) is 18.9 Å². The molecule has 1 fully saturated rings. The number of halogens is 4. The number of aromatic nitrogens is 2. The van der Waals surface area contributed by atoms with Gasteiger partial charge in [-0.05, 0) is 55.3 Å².